The van der Waals surface area contributed by atoms with Crippen molar-refractivity contribution in [2.24, 2.45) is 5.73 Å². The molecule has 0 bridgehead atoms. The van der Waals surface area contributed by atoms with Gasteiger partial charge in [-0.15, -0.1) is 0 Å². The number of halogens is 2. The van der Waals surface area contributed by atoms with Gasteiger partial charge in [-0.2, -0.15) is 8.78 Å². The van der Waals surface area contributed by atoms with Crippen molar-refractivity contribution in [2.45, 2.75) is 12.8 Å². The van der Waals surface area contributed by atoms with Crippen molar-refractivity contribution >= 4 is 0 Å². The largest absolute Gasteiger partial charge is 0.492 e. The molecule has 0 saturated carbocycles. The summed E-state index contributed by atoms with van der Waals surface area (Å²) in [6.07, 6.45) is 0. The quantitative estimate of drug-likeness (QED) is 0.611. The maximum atomic E-state index is 12.4. The Morgan fingerprint density at radius 1 is 1.70 bits per heavy atom. The van der Waals surface area contributed by atoms with Crippen molar-refractivity contribution in [3.63, 3.8) is 0 Å². The van der Waals surface area contributed by atoms with Crippen LogP contribution in [0.25, 0.3) is 0 Å². The lowest BCUT2D eigenvalue weighted by molar-refractivity contribution is -0.0106. The predicted octanol–water partition coefficient (Wildman–Crippen LogP) is 1.13. The third-order valence-corrected chi connectivity index (χ3v) is 0.983. The molecule has 0 aliphatic heterocycles. The zero-order valence-corrected chi connectivity index (χ0v) is 5.86. The van der Waals surface area contributed by atoms with Gasteiger partial charge in [0.1, 0.15) is 0 Å². The minimum Gasteiger partial charge on any atom is -0.492 e. The number of nitrogens with two attached hydrogens (primary N) is 1. The van der Waals surface area contributed by atoms with E-state index in [4.69, 9.17) is 5.73 Å². The molecule has 0 saturated heterocycles. The van der Waals surface area contributed by atoms with Gasteiger partial charge in [-0.25, -0.2) is 0 Å². The third kappa shape index (κ3) is 2.31. The fraction of sp³-hybridized carbons (Fsp3) is 0.667. The highest BCUT2D eigenvalue weighted by molar-refractivity contribution is 4.99. The molecule has 2 N–H and O–H groups in total. The Bertz CT molecular complexity index is 125. The maximum Gasteiger partial charge on any atom is 0.315 e. The van der Waals surface area contributed by atoms with Crippen molar-refractivity contribution in [1.29, 1.82) is 0 Å². The molecule has 0 aromatic carbocycles. The summed E-state index contributed by atoms with van der Waals surface area (Å²) in [6, 6.07) is 0. The van der Waals surface area contributed by atoms with Gasteiger partial charge in [0.25, 0.3) is 0 Å². The van der Waals surface area contributed by atoms with E-state index in [2.05, 4.69) is 11.3 Å². The lowest BCUT2D eigenvalue weighted by atomic mass is 10.3. The van der Waals surface area contributed by atoms with E-state index in [0.29, 0.717) is 0 Å². The molecule has 0 aliphatic rings. The number of ether oxygens (including phenoxy) is 1. The van der Waals surface area contributed by atoms with Crippen LogP contribution >= 0.6 is 0 Å². The van der Waals surface area contributed by atoms with E-state index in [0.717, 1.165) is 0 Å². The summed E-state index contributed by atoms with van der Waals surface area (Å²) in [7, 11) is 0. The lowest BCUT2D eigenvalue weighted by Gasteiger charge is -2.16. The Hall–Kier alpha value is -0.640. The first-order valence-electron chi connectivity index (χ1n) is 2.94. The number of hydrogen-bond acceptors (Lipinski definition) is 2. The summed E-state index contributed by atoms with van der Waals surface area (Å²) in [5.74, 6) is -3.65. The smallest absolute Gasteiger partial charge is 0.315 e. The maximum absolute atomic E-state index is 12.4. The van der Waals surface area contributed by atoms with Gasteiger partial charge < -0.3 is 10.5 Å². The first kappa shape index (κ1) is 9.36. The van der Waals surface area contributed by atoms with Gasteiger partial charge in [0.15, 0.2) is 5.76 Å². The van der Waals surface area contributed by atoms with Crippen LogP contribution in [-0.2, 0) is 4.74 Å². The van der Waals surface area contributed by atoms with Gasteiger partial charge in [0.05, 0.1) is 13.2 Å². The molecule has 0 radical (unpaired) electrons. The Balaban J connectivity index is 3.91. The standard InChI is InChI=1S/C6H11F2NO/c1-3-10-5(2)6(7,8)4-9/h2-4,9H2,1H3. The molecule has 0 aliphatic carbocycles. The van der Waals surface area contributed by atoms with Crippen molar-refractivity contribution < 1.29 is 13.5 Å². The summed E-state index contributed by atoms with van der Waals surface area (Å²) >= 11 is 0. The van der Waals surface area contributed by atoms with Crippen LogP contribution in [0.2, 0.25) is 0 Å². The number of hydrogen-bond donors (Lipinski definition) is 1. The van der Waals surface area contributed by atoms with Crippen LogP contribution in [0.5, 0.6) is 0 Å². The Morgan fingerprint density at radius 3 is 2.50 bits per heavy atom. The van der Waals surface area contributed by atoms with E-state index in [-0.39, 0.29) is 6.61 Å². The van der Waals surface area contributed by atoms with Gasteiger partial charge in [0.2, 0.25) is 0 Å². The number of rotatable bonds is 4. The second kappa shape index (κ2) is 3.51. The molecule has 0 fully saturated rings. The van der Waals surface area contributed by atoms with Crippen LogP contribution in [-0.4, -0.2) is 19.1 Å². The summed E-state index contributed by atoms with van der Waals surface area (Å²) in [5.41, 5.74) is 4.75. The molecule has 4 heteroatoms. The average molecular weight is 151 g/mol. The van der Waals surface area contributed by atoms with Crippen molar-refractivity contribution in [3.8, 4) is 0 Å². The Kier molecular flexibility index (Phi) is 3.28. The van der Waals surface area contributed by atoms with Crippen LogP contribution in [0.4, 0.5) is 8.78 Å². The first-order chi connectivity index (χ1) is 4.54. The zero-order valence-electron chi connectivity index (χ0n) is 5.86. The predicted molar refractivity (Wildman–Crippen MR) is 34.8 cm³/mol. The fourth-order valence-corrected chi connectivity index (χ4v) is 0.394. The molecule has 0 heterocycles. The zero-order chi connectivity index (χ0) is 8.20. The molecular formula is C6H11F2NO. The summed E-state index contributed by atoms with van der Waals surface area (Å²) in [6.45, 7) is 4.07. The molecule has 0 aromatic rings. The Morgan fingerprint density at radius 2 is 2.20 bits per heavy atom. The highest BCUT2D eigenvalue weighted by atomic mass is 19.3. The van der Waals surface area contributed by atoms with Crippen LogP contribution in [0.1, 0.15) is 6.92 Å². The average Bonchev–Trinajstić information content (AvgIpc) is 1.89. The normalized spacial score (nSPS) is 11.2. The third-order valence-electron chi connectivity index (χ3n) is 0.983. The Labute approximate surface area is 58.7 Å². The van der Waals surface area contributed by atoms with E-state index in [9.17, 15) is 8.78 Å². The van der Waals surface area contributed by atoms with E-state index in [1.54, 1.807) is 6.92 Å². The molecule has 2 nitrogen and oxygen atoms in total. The van der Waals surface area contributed by atoms with Crippen LogP contribution in [0.3, 0.4) is 0 Å². The molecule has 0 unspecified atom stereocenters. The highest BCUT2D eigenvalue weighted by Gasteiger charge is 2.32. The highest BCUT2D eigenvalue weighted by Crippen LogP contribution is 2.21. The first-order valence-corrected chi connectivity index (χ1v) is 2.94. The van der Waals surface area contributed by atoms with Gasteiger partial charge in [0, 0.05) is 0 Å². The van der Waals surface area contributed by atoms with Gasteiger partial charge in [-0.05, 0) is 6.92 Å². The fourth-order valence-electron chi connectivity index (χ4n) is 0.394. The molecule has 0 rings (SSSR count). The minimum absolute atomic E-state index is 0.189. The van der Waals surface area contributed by atoms with Gasteiger partial charge >= 0.3 is 5.92 Å². The van der Waals surface area contributed by atoms with E-state index in [1.807, 2.05) is 0 Å². The lowest BCUT2D eigenvalue weighted by Crippen LogP contribution is -2.30. The SMILES string of the molecule is C=C(OCC)C(F)(F)CN. The van der Waals surface area contributed by atoms with Crippen LogP contribution < -0.4 is 5.73 Å². The molecular weight excluding hydrogens is 140 g/mol. The van der Waals surface area contributed by atoms with Gasteiger partial charge in [-0.1, -0.05) is 6.58 Å². The van der Waals surface area contributed by atoms with Crippen molar-refractivity contribution in [2.75, 3.05) is 13.2 Å². The minimum atomic E-state index is -3.09. The summed E-state index contributed by atoms with van der Waals surface area (Å²) in [5, 5.41) is 0. The van der Waals surface area contributed by atoms with E-state index in [1.165, 1.54) is 0 Å². The molecule has 10 heavy (non-hydrogen) atoms. The molecule has 60 valence electrons. The molecule has 0 amide bonds. The summed E-state index contributed by atoms with van der Waals surface area (Å²) < 4.78 is 29.2. The molecule has 0 spiro atoms. The number of alkyl halides is 2. The monoisotopic (exact) mass is 151 g/mol. The topological polar surface area (TPSA) is 35.2 Å². The molecule has 0 atom stereocenters. The van der Waals surface area contributed by atoms with Crippen molar-refractivity contribution in [3.05, 3.63) is 12.3 Å². The molecule has 0 aromatic heterocycles. The van der Waals surface area contributed by atoms with Crippen LogP contribution in [0, 0.1) is 0 Å². The second-order valence-electron chi connectivity index (χ2n) is 1.76. The van der Waals surface area contributed by atoms with Gasteiger partial charge in [-0.3, -0.25) is 0 Å². The van der Waals surface area contributed by atoms with Crippen molar-refractivity contribution in [1.82, 2.24) is 0 Å². The van der Waals surface area contributed by atoms with E-state index >= 15 is 0 Å². The summed E-state index contributed by atoms with van der Waals surface area (Å²) in [4.78, 5) is 0. The van der Waals surface area contributed by atoms with E-state index < -0.39 is 18.2 Å². The van der Waals surface area contributed by atoms with Crippen LogP contribution in [0.15, 0.2) is 12.3 Å². The second-order valence-corrected chi connectivity index (χ2v) is 1.76.